The molecule has 4 heteroatoms. The smallest absolute Gasteiger partial charge is 0.118 e. The number of halogens is 2. The molecule has 2 rings (SSSR count). The van der Waals surface area contributed by atoms with Crippen LogP contribution in [0.25, 0.3) is 0 Å². The molecule has 0 spiro atoms. The van der Waals surface area contributed by atoms with Crippen molar-refractivity contribution in [1.29, 1.82) is 0 Å². The van der Waals surface area contributed by atoms with Crippen molar-refractivity contribution in [3.63, 3.8) is 0 Å². The number of ether oxygens (including phenoxy) is 1. The van der Waals surface area contributed by atoms with E-state index in [1.54, 1.807) is 13.2 Å². The second-order valence-corrected chi connectivity index (χ2v) is 5.82. The van der Waals surface area contributed by atoms with Crippen LogP contribution in [0.15, 0.2) is 42.5 Å². The summed E-state index contributed by atoms with van der Waals surface area (Å²) in [5.41, 5.74) is 2.17. The Hall–Kier alpha value is -1.38. The monoisotopic (exact) mass is 323 g/mol. The fourth-order valence-electron chi connectivity index (χ4n) is 2.13. The molecule has 0 aromatic heterocycles. The Morgan fingerprint density at radius 2 is 1.81 bits per heavy atom. The molecule has 0 bridgehead atoms. The molecule has 0 aliphatic carbocycles. The summed E-state index contributed by atoms with van der Waals surface area (Å²) in [6, 6.07) is 14.1. The minimum atomic E-state index is 0.308. The lowest BCUT2D eigenvalue weighted by Crippen LogP contribution is -2.16. The fraction of sp³-hybridized carbons (Fsp3) is 0.294. The van der Waals surface area contributed by atoms with Crippen molar-refractivity contribution >= 4 is 28.9 Å². The molecule has 0 fully saturated rings. The molecule has 112 valence electrons. The minimum Gasteiger partial charge on any atom is -0.497 e. The predicted molar refractivity (Wildman–Crippen MR) is 90.9 cm³/mol. The topological polar surface area (TPSA) is 21.3 Å². The van der Waals surface area contributed by atoms with E-state index in [0.717, 1.165) is 24.3 Å². The van der Waals surface area contributed by atoms with Gasteiger partial charge < -0.3 is 10.1 Å². The van der Waals surface area contributed by atoms with Gasteiger partial charge >= 0.3 is 0 Å². The quantitative estimate of drug-likeness (QED) is 0.764. The Kier molecular flexibility index (Phi) is 5.77. The third-order valence-electron chi connectivity index (χ3n) is 3.38. The van der Waals surface area contributed by atoms with Crippen LogP contribution in [0.2, 0.25) is 10.0 Å². The summed E-state index contributed by atoms with van der Waals surface area (Å²) in [5.74, 6) is 0.885. The van der Waals surface area contributed by atoms with E-state index in [0.29, 0.717) is 16.1 Å². The highest BCUT2D eigenvalue weighted by Gasteiger charge is 2.08. The molecule has 2 aromatic rings. The second kappa shape index (κ2) is 7.58. The van der Waals surface area contributed by atoms with Gasteiger partial charge in [0, 0.05) is 6.04 Å². The van der Waals surface area contributed by atoms with Gasteiger partial charge in [-0.25, -0.2) is 0 Å². The first kappa shape index (κ1) is 16.0. The zero-order chi connectivity index (χ0) is 15.2. The zero-order valence-electron chi connectivity index (χ0n) is 12.2. The number of rotatable bonds is 6. The molecule has 0 radical (unpaired) electrons. The van der Waals surface area contributed by atoms with Crippen LogP contribution in [0.3, 0.4) is 0 Å². The Bertz CT molecular complexity index is 584. The number of benzene rings is 2. The van der Waals surface area contributed by atoms with Crippen molar-refractivity contribution in [1.82, 2.24) is 0 Å². The molecule has 1 N–H and O–H groups in total. The fourth-order valence-corrected chi connectivity index (χ4v) is 2.48. The van der Waals surface area contributed by atoms with Gasteiger partial charge in [0.25, 0.3) is 0 Å². The third-order valence-corrected chi connectivity index (χ3v) is 4.20. The molecule has 21 heavy (non-hydrogen) atoms. The van der Waals surface area contributed by atoms with Gasteiger partial charge in [-0.2, -0.15) is 0 Å². The van der Waals surface area contributed by atoms with Crippen molar-refractivity contribution in [3.05, 3.63) is 58.1 Å². The van der Waals surface area contributed by atoms with Crippen LogP contribution in [0.5, 0.6) is 5.75 Å². The predicted octanol–water partition coefficient (Wildman–Crippen LogP) is 5.44. The molecule has 0 aliphatic rings. The van der Waals surface area contributed by atoms with E-state index in [9.17, 15) is 0 Å². The average Bonchev–Trinajstić information content (AvgIpc) is 2.50. The molecule has 2 nitrogen and oxygen atoms in total. The molecule has 2 aromatic carbocycles. The zero-order valence-corrected chi connectivity index (χ0v) is 13.7. The molecule has 1 atom stereocenters. The maximum absolute atomic E-state index is 6.18. The number of anilines is 1. The maximum Gasteiger partial charge on any atom is 0.118 e. The van der Waals surface area contributed by atoms with Gasteiger partial charge in [-0.1, -0.05) is 41.4 Å². The summed E-state index contributed by atoms with van der Waals surface area (Å²) in [6.45, 7) is 2.14. The number of hydrogen-bond donors (Lipinski definition) is 1. The molecule has 0 aliphatic heterocycles. The van der Waals surface area contributed by atoms with Crippen molar-refractivity contribution in [3.8, 4) is 5.75 Å². The maximum atomic E-state index is 6.18. The molecule has 0 saturated carbocycles. The van der Waals surface area contributed by atoms with Crippen molar-refractivity contribution in [2.75, 3.05) is 12.4 Å². The van der Waals surface area contributed by atoms with Gasteiger partial charge in [-0.05, 0) is 49.6 Å². The average molecular weight is 324 g/mol. The SMILES string of the molecule is COc1ccc(CCC(C)Nc2cccc(Cl)c2Cl)cc1. The van der Waals surface area contributed by atoms with Gasteiger partial charge in [0.2, 0.25) is 0 Å². The van der Waals surface area contributed by atoms with Crippen LogP contribution < -0.4 is 10.1 Å². The molecule has 1 unspecified atom stereocenters. The first-order valence-electron chi connectivity index (χ1n) is 6.93. The lowest BCUT2D eigenvalue weighted by molar-refractivity contribution is 0.414. The molecular formula is C17H19Cl2NO. The van der Waals surface area contributed by atoms with Crippen LogP contribution in [0.4, 0.5) is 5.69 Å². The van der Waals surface area contributed by atoms with Crippen LogP contribution >= 0.6 is 23.2 Å². The lowest BCUT2D eigenvalue weighted by Gasteiger charge is -2.17. The van der Waals surface area contributed by atoms with Gasteiger partial charge in [-0.15, -0.1) is 0 Å². The molecule has 0 saturated heterocycles. The van der Waals surface area contributed by atoms with E-state index in [-0.39, 0.29) is 0 Å². The highest BCUT2D eigenvalue weighted by molar-refractivity contribution is 6.43. The van der Waals surface area contributed by atoms with E-state index in [1.165, 1.54) is 5.56 Å². The van der Waals surface area contributed by atoms with E-state index >= 15 is 0 Å². The number of aryl methyl sites for hydroxylation is 1. The molecule has 0 amide bonds. The third kappa shape index (κ3) is 4.55. The number of hydrogen-bond acceptors (Lipinski definition) is 2. The van der Waals surface area contributed by atoms with Gasteiger partial charge in [0.15, 0.2) is 0 Å². The first-order chi connectivity index (χ1) is 10.1. The molecular weight excluding hydrogens is 305 g/mol. The summed E-state index contributed by atoms with van der Waals surface area (Å²) in [7, 11) is 1.68. The Balaban J connectivity index is 1.89. The normalized spacial score (nSPS) is 12.0. The van der Waals surface area contributed by atoms with Crippen LogP contribution in [-0.4, -0.2) is 13.2 Å². The highest BCUT2D eigenvalue weighted by atomic mass is 35.5. The summed E-state index contributed by atoms with van der Waals surface area (Å²) >= 11 is 12.2. The summed E-state index contributed by atoms with van der Waals surface area (Å²) < 4.78 is 5.16. The summed E-state index contributed by atoms with van der Waals surface area (Å²) in [6.07, 6.45) is 2.01. The number of methoxy groups -OCH3 is 1. The van der Waals surface area contributed by atoms with Gasteiger partial charge in [0.05, 0.1) is 22.8 Å². The largest absolute Gasteiger partial charge is 0.497 e. The Morgan fingerprint density at radius 1 is 1.10 bits per heavy atom. The van der Waals surface area contributed by atoms with E-state index in [2.05, 4.69) is 24.4 Å². The highest BCUT2D eigenvalue weighted by Crippen LogP contribution is 2.30. The lowest BCUT2D eigenvalue weighted by atomic mass is 10.1. The van der Waals surface area contributed by atoms with Crippen LogP contribution in [0.1, 0.15) is 18.9 Å². The van der Waals surface area contributed by atoms with Gasteiger partial charge in [0.1, 0.15) is 5.75 Å². The van der Waals surface area contributed by atoms with E-state index < -0.39 is 0 Å². The van der Waals surface area contributed by atoms with E-state index in [4.69, 9.17) is 27.9 Å². The Morgan fingerprint density at radius 3 is 2.48 bits per heavy atom. The van der Waals surface area contributed by atoms with E-state index in [1.807, 2.05) is 24.3 Å². The standard InChI is InChI=1S/C17H19Cl2NO/c1-12(20-16-5-3-4-15(18)17(16)19)6-7-13-8-10-14(21-2)11-9-13/h3-5,8-12,20H,6-7H2,1-2H3. The van der Waals surface area contributed by atoms with Crippen molar-refractivity contribution in [2.45, 2.75) is 25.8 Å². The number of nitrogens with one attached hydrogen (secondary N) is 1. The Labute approximate surface area is 136 Å². The van der Waals surface area contributed by atoms with Crippen molar-refractivity contribution in [2.24, 2.45) is 0 Å². The van der Waals surface area contributed by atoms with Crippen LogP contribution in [-0.2, 0) is 6.42 Å². The molecule has 0 heterocycles. The minimum absolute atomic E-state index is 0.308. The van der Waals surface area contributed by atoms with Crippen LogP contribution in [0, 0.1) is 0 Å². The summed E-state index contributed by atoms with van der Waals surface area (Å²) in [4.78, 5) is 0. The second-order valence-electron chi connectivity index (χ2n) is 5.03. The first-order valence-corrected chi connectivity index (χ1v) is 7.69. The van der Waals surface area contributed by atoms with Crippen molar-refractivity contribution < 1.29 is 4.74 Å². The summed E-state index contributed by atoms with van der Waals surface area (Å²) in [5, 5.41) is 4.56. The van der Waals surface area contributed by atoms with Gasteiger partial charge in [-0.3, -0.25) is 0 Å².